The van der Waals surface area contributed by atoms with E-state index in [4.69, 9.17) is 15.9 Å². The lowest BCUT2D eigenvalue weighted by Crippen LogP contribution is -2.47. The van der Waals surface area contributed by atoms with Crippen molar-refractivity contribution in [2.75, 3.05) is 0 Å². The van der Waals surface area contributed by atoms with Crippen LogP contribution in [0.4, 0.5) is 0 Å². The number of nitrogens with two attached hydrogens (primary N) is 1. The zero-order valence-electron chi connectivity index (χ0n) is 14.7. The van der Waals surface area contributed by atoms with Crippen molar-refractivity contribution in [1.82, 2.24) is 5.32 Å². The Hall–Kier alpha value is -2.29. The van der Waals surface area contributed by atoms with E-state index < -0.39 is 48.1 Å². The smallest absolute Gasteiger partial charge is 0.305 e. The molecule has 0 saturated carbocycles. The maximum Gasteiger partial charge on any atom is 0.305 e. The number of hydrogen-bond acceptors (Lipinski definition) is 6. The number of Topliss-reactive ketones (excluding diaryl/α,β-unsaturated/α-hetero) is 2. The molecule has 0 radical (unpaired) electrons. The van der Waals surface area contributed by atoms with E-state index in [-0.39, 0.29) is 31.0 Å². The summed E-state index contributed by atoms with van der Waals surface area (Å²) in [5, 5.41) is 20.0. The second kappa shape index (κ2) is 10.5. The van der Waals surface area contributed by atoms with Crippen LogP contribution in [0.25, 0.3) is 0 Å². The maximum absolute atomic E-state index is 12.4. The van der Waals surface area contributed by atoms with E-state index in [1.165, 1.54) is 6.92 Å². The monoisotopic (exact) mass is 358 g/mol. The van der Waals surface area contributed by atoms with E-state index in [1.54, 1.807) is 13.8 Å². The summed E-state index contributed by atoms with van der Waals surface area (Å²) in [6, 6.07) is -2.02. The number of hydrogen-bond donors (Lipinski definition) is 4. The van der Waals surface area contributed by atoms with Crippen molar-refractivity contribution < 1.29 is 34.2 Å². The molecule has 5 N–H and O–H groups in total. The van der Waals surface area contributed by atoms with Gasteiger partial charge in [0.15, 0.2) is 11.6 Å². The zero-order valence-corrected chi connectivity index (χ0v) is 14.7. The fourth-order valence-corrected chi connectivity index (χ4v) is 2.33. The molecule has 0 spiro atoms. The third kappa shape index (κ3) is 8.94. The molecule has 0 bridgehead atoms. The summed E-state index contributed by atoms with van der Waals surface area (Å²) in [7, 11) is 0. The fraction of sp³-hybridized carbons (Fsp3) is 0.688. The van der Waals surface area contributed by atoms with Crippen LogP contribution in [-0.2, 0) is 24.0 Å². The normalized spacial score (nSPS) is 14.4. The summed E-state index contributed by atoms with van der Waals surface area (Å²) in [4.78, 5) is 57.4. The van der Waals surface area contributed by atoms with Crippen LogP contribution in [0.15, 0.2) is 0 Å². The molecular formula is C16H26N2O7. The van der Waals surface area contributed by atoms with Gasteiger partial charge >= 0.3 is 11.9 Å². The van der Waals surface area contributed by atoms with E-state index >= 15 is 0 Å². The summed E-state index contributed by atoms with van der Waals surface area (Å²) < 4.78 is 0. The third-order valence-corrected chi connectivity index (χ3v) is 3.74. The molecule has 3 atom stereocenters. The molecule has 0 aliphatic heterocycles. The van der Waals surface area contributed by atoms with Crippen molar-refractivity contribution in [2.45, 2.75) is 58.5 Å². The average Bonchev–Trinajstić information content (AvgIpc) is 2.46. The lowest BCUT2D eigenvalue weighted by Gasteiger charge is -2.23. The predicted molar refractivity (Wildman–Crippen MR) is 87.7 cm³/mol. The van der Waals surface area contributed by atoms with Crippen LogP contribution in [0, 0.1) is 11.8 Å². The Kier molecular flexibility index (Phi) is 9.58. The van der Waals surface area contributed by atoms with E-state index in [1.807, 2.05) is 0 Å². The van der Waals surface area contributed by atoms with Crippen LogP contribution >= 0.6 is 0 Å². The van der Waals surface area contributed by atoms with E-state index in [9.17, 15) is 24.0 Å². The Morgan fingerprint density at radius 2 is 1.56 bits per heavy atom. The second-order valence-corrected chi connectivity index (χ2v) is 6.35. The molecular weight excluding hydrogens is 332 g/mol. The molecule has 0 fully saturated rings. The Bertz CT molecular complexity index is 531. The molecule has 25 heavy (non-hydrogen) atoms. The molecule has 9 heteroatoms. The quantitative estimate of drug-likeness (QED) is 0.377. The van der Waals surface area contributed by atoms with Gasteiger partial charge in [-0.2, -0.15) is 0 Å². The first-order valence-electron chi connectivity index (χ1n) is 7.98. The number of nitrogens with one attached hydrogen (secondary N) is 1. The summed E-state index contributed by atoms with van der Waals surface area (Å²) in [5.74, 6) is -5.07. The van der Waals surface area contributed by atoms with Crippen molar-refractivity contribution in [1.29, 1.82) is 0 Å². The summed E-state index contributed by atoms with van der Waals surface area (Å²) in [6.45, 7) is 4.81. The molecule has 142 valence electrons. The summed E-state index contributed by atoms with van der Waals surface area (Å²) >= 11 is 0. The first kappa shape index (κ1) is 22.7. The Balaban J connectivity index is 5.10. The minimum atomic E-state index is -1.27. The Morgan fingerprint density at radius 1 is 1.00 bits per heavy atom. The number of rotatable bonds is 12. The second-order valence-electron chi connectivity index (χ2n) is 6.35. The highest BCUT2D eigenvalue weighted by molar-refractivity contribution is 5.93. The number of ketones is 2. The molecule has 0 unspecified atom stereocenters. The van der Waals surface area contributed by atoms with Crippen LogP contribution in [-0.4, -0.2) is 51.7 Å². The molecule has 9 nitrogen and oxygen atoms in total. The van der Waals surface area contributed by atoms with Crippen molar-refractivity contribution in [2.24, 2.45) is 17.6 Å². The molecule has 1 amide bonds. The SMILES string of the molecule is CC(=O)[C@@H](NC(=O)[C@H](CCC(=O)O)CC(=O)[C@@H](N)CC(=O)O)C(C)C. The van der Waals surface area contributed by atoms with Gasteiger partial charge in [0.05, 0.1) is 18.5 Å². The number of carbonyl (C=O) groups is 5. The number of carbonyl (C=O) groups excluding carboxylic acids is 3. The van der Waals surface area contributed by atoms with E-state index in [0.717, 1.165) is 0 Å². The van der Waals surface area contributed by atoms with Crippen LogP contribution < -0.4 is 11.1 Å². The first-order valence-corrected chi connectivity index (χ1v) is 7.98. The van der Waals surface area contributed by atoms with Crippen molar-refractivity contribution in [3.8, 4) is 0 Å². The fourth-order valence-electron chi connectivity index (χ4n) is 2.33. The summed E-state index contributed by atoms with van der Waals surface area (Å²) in [5.41, 5.74) is 5.49. The van der Waals surface area contributed by atoms with Gasteiger partial charge in [0, 0.05) is 18.8 Å². The molecule has 0 aromatic heterocycles. The van der Waals surface area contributed by atoms with Gasteiger partial charge in [-0.1, -0.05) is 13.8 Å². The molecule has 0 aromatic rings. The highest BCUT2D eigenvalue weighted by Crippen LogP contribution is 2.16. The minimum Gasteiger partial charge on any atom is -0.481 e. The summed E-state index contributed by atoms with van der Waals surface area (Å²) in [6.07, 6.45) is -1.41. The van der Waals surface area contributed by atoms with Gasteiger partial charge in [-0.15, -0.1) is 0 Å². The molecule has 0 aliphatic rings. The van der Waals surface area contributed by atoms with Gasteiger partial charge in [-0.05, 0) is 19.3 Å². The lowest BCUT2D eigenvalue weighted by molar-refractivity contribution is -0.139. The van der Waals surface area contributed by atoms with Gasteiger partial charge in [-0.3, -0.25) is 24.0 Å². The van der Waals surface area contributed by atoms with Gasteiger partial charge < -0.3 is 21.3 Å². The first-order chi connectivity index (χ1) is 11.5. The third-order valence-electron chi connectivity index (χ3n) is 3.74. The van der Waals surface area contributed by atoms with Gasteiger partial charge in [0.1, 0.15) is 0 Å². The van der Waals surface area contributed by atoms with Crippen molar-refractivity contribution in [3.05, 3.63) is 0 Å². The number of carboxylic acids is 2. The van der Waals surface area contributed by atoms with Crippen LogP contribution in [0.3, 0.4) is 0 Å². The number of aliphatic carboxylic acids is 2. The van der Waals surface area contributed by atoms with Crippen molar-refractivity contribution >= 4 is 29.4 Å². The molecule has 0 heterocycles. The predicted octanol–water partition coefficient (Wildman–Crippen LogP) is -0.0416. The van der Waals surface area contributed by atoms with Gasteiger partial charge in [0.2, 0.25) is 5.91 Å². The lowest BCUT2D eigenvalue weighted by atomic mass is 9.91. The molecule has 0 aromatic carbocycles. The van der Waals surface area contributed by atoms with Crippen LogP contribution in [0.1, 0.15) is 46.5 Å². The van der Waals surface area contributed by atoms with Gasteiger partial charge in [0.25, 0.3) is 0 Å². The minimum absolute atomic E-state index is 0.116. The van der Waals surface area contributed by atoms with Gasteiger partial charge in [-0.25, -0.2) is 0 Å². The van der Waals surface area contributed by atoms with Crippen LogP contribution in [0.2, 0.25) is 0 Å². The average molecular weight is 358 g/mol. The van der Waals surface area contributed by atoms with E-state index in [2.05, 4.69) is 5.32 Å². The number of amides is 1. The maximum atomic E-state index is 12.4. The molecule has 0 rings (SSSR count). The standard InChI is InChI=1S/C16H26N2O7/c1-8(2)15(9(3)19)18-16(25)10(4-5-13(21)22)6-12(20)11(17)7-14(23)24/h8,10-11,15H,4-7,17H2,1-3H3,(H,18,25)(H,21,22)(H,23,24)/t10-,11+,15+/m1/s1. The van der Waals surface area contributed by atoms with E-state index in [0.29, 0.717) is 0 Å². The molecule has 0 saturated heterocycles. The Morgan fingerprint density at radius 3 is 1.96 bits per heavy atom. The largest absolute Gasteiger partial charge is 0.481 e. The van der Waals surface area contributed by atoms with Crippen molar-refractivity contribution in [3.63, 3.8) is 0 Å². The topological polar surface area (TPSA) is 164 Å². The van der Waals surface area contributed by atoms with Crippen LogP contribution in [0.5, 0.6) is 0 Å². The Labute approximate surface area is 145 Å². The molecule has 0 aliphatic carbocycles. The highest BCUT2D eigenvalue weighted by atomic mass is 16.4. The highest BCUT2D eigenvalue weighted by Gasteiger charge is 2.29. The zero-order chi connectivity index (χ0) is 19.7. The number of carboxylic acid groups (broad SMARTS) is 2.